The molecule has 2 N–H and O–H groups in total. The van der Waals surface area contributed by atoms with Crippen molar-refractivity contribution < 1.29 is 4.74 Å². The molecule has 4 heteroatoms. The third kappa shape index (κ3) is 4.65. The van der Waals surface area contributed by atoms with Gasteiger partial charge in [0.2, 0.25) is 0 Å². The maximum Gasteiger partial charge on any atom is 0.0980 e. The highest BCUT2D eigenvalue weighted by Gasteiger charge is 2.20. The van der Waals surface area contributed by atoms with Crippen molar-refractivity contribution in [2.75, 3.05) is 0 Å². The van der Waals surface area contributed by atoms with E-state index in [-0.39, 0.29) is 12.1 Å². The number of hydrogen-bond donors (Lipinski definition) is 1. The molecule has 0 radical (unpaired) electrons. The number of ether oxygens (including phenoxy) is 1. The van der Waals surface area contributed by atoms with Crippen molar-refractivity contribution in [1.29, 1.82) is 0 Å². The number of nitrogens with two attached hydrogens (primary N) is 1. The SMILES string of the molecule is CCC(N)C(OCc1ccccc1Br)c1cccc(Br)c1. The lowest BCUT2D eigenvalue weighted by Crippen LogP contribution is -2.29. The van der Waals surface area contributed by atoms with Crippen LogP contribution in [0.1, 0.15) is 30.6 Å². The standard InChI is InChI=1S/C17H19Br2NO/c1-2-16(20)17(12-7-5-8-14(18)10-12)21-11-13-6-3-4-9-15(13)19/h3-10,16-17H,2,11,20H2,1H3. The molecule has 21 heavy (non-hydrogen) atoms. The normalized spacial score (nSPS) is 13.9. The van der Waals surface area contributed by atoms with E-state index in [1.165, 1.54) is 0 Å². The molecule has 2 aromatic rings. The molecule has 2 aromatic carbocycles. The molecular formula is C17H19Br2NO. The summed E-state index contributed by atoms with van der Waals surface area (Å²) < 4.78 is 8.22. The minimum Gasteiger partial charge on any atom is -0.367 e. The predicted molar refractivity (Wildman–Crippen MR) is 94.1 cm³/mol. The summed E-state index contributed by atoms with van der Waals surface area (Å²) >= 11 is 7.05. The van der Waals surface area contributed by atoms with Crippen LogP contribution in [0, 0.1) is 0 Å². The molecule has 0 aliphatic heterocycles. The van der Waals surface area contributed by atoms with Crippen LogP contribution >= 0.6 is 31.9 Å². The van der Waals surface area contributed by atoms with Gasteiger partial charge in [-0.25, -0.2) is 0 Å². The van der Waals surface area contributed by atoms with Gasteiger partial charge in [-0.15, -0.1) is 0 Å². The van der Waals surface area contributed by atoms with E-state index >= 15 is 0 Å². The first-order valence-electron chi connectivity index (χ1n) is 6.98. The van der Waals surface area contributed by atoms with Crippen LogP contribution in [0.15, 0.2) is 57.5 Å². The van der Waals surface area contributed by atoms with Gasteiger partial charge in [-0.05, 0) is 35.7 Å². The average molecular weight is 413 g/mol. The first kappa shape index (κ1) is 16.7. The zero-order valence-corrected chi connectivity index (χ0v) is 15.1. The summed E-state index contributed by atoms with van der Waals surface area (Å²) in [6.45, 7) is 2.61. The molecule has 0 amide bonds. The lowest BCUT2D eigenvalue weighted by molar-refractivity contribution is 0.0209. The second-order valence-corrected chi connectivity index (χ2v) is 6.72. The largest absolute Gasteiger partial charge is 0.367 e. The molecule has 2 unspecified atom stereocenters. The van der Waals surface area contributed by atoms with Gasteiger partial charge in [-0.1, -0.05) is 69.1 Å². The van der Waals surface area contributed by atoms with Gasteiger partial charge in [0.15, 0.2) is 0 Å². The number of hydrogen-bond acceptors (Lipinski definition) is 2. The Hall–Kier alpha value is -0.680. The van der Waals surface area contributed by atoms with E-state index < -0.39 is 0 Å². The van der Waals surface area contributed by atoms with E-state index in [1.807, 2.05) is 30.3 Å². The molecule has 0 aliphatic carbocycles. The minimum absolute atomic E-state index is 0.0261. The van der Waals surface area contributed by atoms with Crippen molar-refractivity contribution >= 4 is 31.9 Å². The van der Waals surface area contributed by atoms with E-state index in [1.54, 1.807) is 0 Å². The molecule has 2 rings (SSSR count). The molecule has 0 fully saturated rings. The van der Waals surface area contributed by atoms with Crippen molar-refractivity contribution in [2.24, 2.45) is 5.73 Å². The highest BCUT2D eigenvalue weighted by atomic mass is 79.9. The first-order valence-corrected chi connectivity index (χ1v) is 8.56. The van der Waals surface area contributed by atoms with Crippen molar-refractivity contribution in [2.45, 2.75) is 32.1 Å². The summed E-state index contributed by atoms with van der Waals surface area (Å²) in [7, 11) is 0. The van der Waals surface area contributed by atoms with Crippen LogP contribution in [0.3, 0.4) is 0 Å². The van der Waals surface area contributed by atoms with Crippen molar-refractivity contribution in [3.63, 3.8) is 0 Å². The second kappa shape index (κ2) is 8.08. The summed E-state index contributed by atoms with van der Waals surface area (Å²) in [5, 5.41) is 0. The zero-order valence-electron chi connectivity index (χ0n) is 11.9. The van der Waals surface area contributed by atoms with Gasteiger partial charge in [-0.3, -0.25) is 0 Å². The molecule has 0 spiro atoms. The average Bonchev–Trinajstić information content (AvgIpc) is 2.49. The van der Waals surface area contributed by atoms with Crippen LogP contribution in [-0.4, -0.2) is 6.04 Å². The lowest BCUT2D eigenvalue weighted by Gasteiger charge is -2.24. The third-order valence-corrected chi connectivity index (χ3v) is 4.68. The molecule has 0 aromatic heterocycles. The van der Waals surface area contributed by atoms with Crippen molar-refractivity contribution in [1.82, 2.24) is 0 Å². The van der Waals surface area contributed by atoms with E-state index in [0.29, 0.717) is 6.61 Å². The summed E-state index contributed by atoms with van der Waals surface area (Å²) in [4.78, 5) is 0. The fourth-order valence-corrected chi connectivity index (χ4v) is 2.98. The molecule has 0 bridgehead atoms. The molecule has 0 heterocycles. The van der Waals surface area contributed by atoms with Gasteiger partial charge in [0, 0.05) is 15.0 Å². The van der Waals surface area contributed by atoms with Crippen LogP contribution in [0.2, 0.25) is 0 Å². The topological polar surface area (TPSA) is 35.2 Å². The van der Waals surface area contributed by atoms with Crippen LogP contribution in [0.5, 0.6) is 0 Å². The van der Waals surface area contributed by atoms with Crippen LogP contribution in [-0.2, 0) is 11.3 Å². The lowest BCUT2D eigenvalue weighted by atomic mass is 10.0. The Morgan fingerprint density at radius 1 is 1.10 bits per heavy atom. The third-order valence-electron chi connectivity index (χ3n) is 3.41. The highest BCUT2D eigenvalue weighted by molar-refractivity contribution is 9.10. The van der Waals surface area contributed by atoms with Gasteiger partial charge in [-0.2, -0.15) is 0 Å². The highest BCUT2D eigenvalue weighted by Crippen LogP contribution is 2.27. The van der Waals surface area contributed by atoms with E-state index in [4.69, 9.17) is 10.5 Å². The minimum atomic E-state index is -0.111. The fourth-order valence-electron chi connectivity index (χ4n) is 2.16. The van der Waals surface area contributed by atoms with E-state index in [2.05, 4.69) is 57.0 Å². The molecule has 2 atom stereocenters. The molecule has 0 saturated carbocycles. The number of halogens is 2. The Kier molecular flexibility index (Phi) is 6.42. The van der Waals surface area contributed by atoms with Crippen LogP contribution in [0.4, 0.5) is 0 Å². The van der Waals surface area contributed by atoms with Gasteiger partial charge < -0.3 is 10.5 Å². The Balaban J connectivity index is 2.16. The monoisotopic (exact) mass is 411 g/mol. The maximum absolute atomic E-state index is 6.25. The molecule has 2 nitrogen and oxygen atoms in total. The van der Waals surface area contributed by atoms with Gasteiger partial charge in [0.1, 0.15) is 0 Å². The Morgan fingerprint density at radius 3 is 2.52 bits per heavy atom. The summed E-state index contributed by atoms with van der Waals surface area (Å²) in [5.74, 6) is 0. The van der Waals surface area contributed by atoms with Gasteiger partial charge in [0.05, 0.1) is 12.7 Å². The van der Waals surface area contributed by atoms with Gasteiger partial charge >= 0.3 is 0 Å². The predicted octanol–water partition coefficient (Wildman–Crippen LogP) is 5.21. The first-order chi connectivity index (χ1) is 10.1. The van der Waals surface area contributed by atoms with Crippen molar-refractivity contribution in [3.05, 3.63) is 68.6 Å². The quantitative estimate of drug-likeness (QED) is 0.706. The Bertz CT molecular complexity index is 589. The Labute approximate surface area is 143 Å². The van der Waals surface area contributed by atoms with Crippen LogP contribution in [0.25, 0.3) is 0 Å². The summed E-state index contributed by atoms with van der Waals surface area (Å²) in [6.07, 6.45) is 0.757. The molecule has 112 valence electrons. The number of rotatable bonds is 6. The zero-order chi connectivity index (χ0) is 15.2. The summed E-state index contributed by atoms with van der Waals surface area (Å²) in [5.41, 5.74) is 8.48. The Morgan fingerprint density at radius 2 is 1.86 bits per heavy atom. The fraction of sp³-hybridized carbons (Fsp3) is 0.294. The number of benzene rings is 2. The molecule has 0 saturated heterocycles. The second-order valence-electron chi connectivity index (χ2n) is 4.95. The summed E-state index contributed by atoms with van der Waals surface area (Å²) in [6, 6.07) is 16.2. The molecular weight excluding hydrogens is 394 g/mol. The van der Waals surface area contributed by atoms with Gasteiger partial charge in [0.25, 0.3) is 0 Å². The smallest absolute Gasteiger partial charge is 0.0980 e. The molecule has 0 aliphatic rings. The van der Waals surface area contributed by atoms with E-state index in [0.717, 1.165) is 26.5 Å². The maximum atomic E-state index is 6.25. The van der Waals surface area contributed by atoms with E-state index in [9.17, 15) is 0 Å². The van der Waals surface area contributed by atoms with Crippen molar-refractivity contribution in [3.8, 4) is 0 Å². The van der Waals surface area contributed by atoms with Crippen LogP contribution < -0.4 is 5.73 Å².